The Bertz CT molecular complexity index is 602. The number of rotatable bonds is 9. The molecule has 0 saturated carbocycles. The molecule has 0 N–H and O–H groups in total. The Morgan fingerprint density at radius 3 is 2.43 bits per heavy atom. The number of ether oxygens (including phenoxy) is 1. The molecule has 1 saturated heterocycles. The second kappa shape index (κ2) is 8.41. The van der Waals surface area contributed by atoms with Gasteiger partial charge in [-0.2, -0.15) is 4.31 Å². The number of sulfonamides is 1. The maximum Gasteiger partial charge on any atom is 0.238 e. The van der Waals surface area contributed by atoms with Crippen molar-refractivity contribution in [1.29, 1.82) is 0 Å². The molecule has 23 heavy (non-hydrogen) atoms. The van der Waals surface area contributed by atoms with Crippen molar-refractivity contribution in [3.8, 4) is 0 Å². The highest BCUT2D eigenvalue weighted by molar-refractivity contribution is 7.91. The first-order valence-electron chi connectivity index (χ1n) is 7.54. The molecule has 1 fully saturated rings. The van der Waals surface area contributed by atoms with Crippen LogP contribution in [-0.4, -0.2) is 89.1 Å². The van der Waals surface area contributed by atoms with Gasteiger partial charge in [0, 0.05) is 32.8 Å². The number of amides is 1. The van der Waals surface area contributed by atoms with Gasteiger partial charge >= 0.3 is 0 Å². The fraction of sp³-hybridized carbons (Fsp3) is 0.923. The van der Waals surface area contributed by atoms with Crippen LogP contribution in [0.1, 0.15) is 19.8 Å². The van der Waals surface area contributed by atoms with Crippen molar-refractivity contribution in [2.75, 3.05) is 51.1 Å². The minimum Gasteiger partial charge on any atom is -0.385 e. The van der Waals surface area contributed by atoms with E-state index in [1.54, 1.807) is 6.92 Å². The predicted octanol–water partition coefficient (Wildman–Crippen LogP) is -0.680. The van der Waals surface area contributed by atoms with Crippen LogP contribution < -0.4 is 0 Å². The zero-order valence-electron chi connectivity index (χ0n) is 13.9. The van der Waals surface area contributed by atoms with Gasteiger partial charge in [-0.25, -0.2) is 16.8 Å². The van der Waals surface area contributed by atoms with E-state index in [4.69, 9.17) is 4.74 Å². The molecule has 10 heteroatoms. The molecule has 1 aliphatic heterocycles. The van der Waals surface area contributed by atoms with Crippen LogP contribution in [0.2, 0.25) is 0 Å². The minimum atomic E-state index is -3.52. The number of nitrogens with zero attached hydrogens (tertiary/aromatic N) is 2. The standard InChI is InChI=1S/C13H26N2O6S2/c1-4-15(12-6-9-23(19,20)11-12)13(16)10-14(22(3,17)18)7-5-8-21-2/h12H,4-11H2,1-3H3. The molecular formula is C13H26N2O6S2. The summed E-state index contributed by atoms with van der Waals surface area (Å²) in [7, 11) is -5.09. The van der Waals surface area contributed by atoms with Crippen LogP contribution in [0.25, 0.3) is 0 Å². The Morgan fingerprint density at radius 2 is 2.00 bits per heavy atom. The molecule has 0 aromatic heterocycles. The molecule has 0 aromatic rings. The van der Waals surface area contributed by atoms with Crippen molar-refractivity contribution in [3.05, 3.63) is 0 Å². The number of carbonyl (C=O) groups excluding carboxylic acids is 1. The molecule has 1 rings (SSSR count). The number of hydrogen-bond donors (Lipinski definition) is 0. The van der Waals surface area contributed by atoms with E-state index in [-0.39, 0.29) is 36.5 Å². The summed E-state index contributed by atoms with van der Waals surface area (Å²) >= 11 is 0. The third kappa shape index (κ3) is 6.36. The largest absolute Gasteiger partial charge is 0.385 e. The number of methoxy groups -OCH3 is 1. The summed E-state index contributed by atoms with van der Waals surface area (Å²) in [6.07, 6.45) is 1.95. The lowest BCUT2D eigenvalue weighted by Crippen LogP contribution is -2.47. The average Bonchev–Trinajstić information content (AvgIpc) is 2.77. The average molecular weight is 370 g/mol. The lowest BCUT2D eigenvalue weighted by Gasteiger charge is -2.29. The molecule has 0 radical (unpaired) electrons. The molecule has 0 bridgehead atoms. The minimum absolute atomic E-state index is 0.0465. The Hall–Kier alpha value is -0.710. The normalized spacial score (nSPS) is 20.8. The molecule has 0 aromatic carbocycles. The molecule has 0 aliphatic carbocycles. The van der Waals surface area contributed by atoms with E-state index in [0.29, 0.717) is 26.0 Å². The van der Waals surface area contributed by atoms with Crippen LogP contribution in [0.5, 0.6) is 0 Å². The summed E-state index contributed by atoms with van der Waals surface area (Å²) in [6.45, 7) is 2.44. The predicted molar refractivity (Wildman–Crippen MR) is 87.4 cm³/mol. The van der Waals surface area contributed by atoms with Crippen LogP contribution in [0, 0.1) is 0 Å². The van der Waals surface area contributed by atoms with E-state index in [9.17, 15) is 21.6 Å². The molecule has 1 aliphatic rings. The zero-order chi connectivity index (χ0) is 17.7. The van der Waals surface area contributed by atoms with E-state index >= 15 is 0 Å². The van der Waals surface area contributed by atoms with Gasteiger partial charge in [0.1, 0.15) is 0 Å². The lowest BCUT2D eigenvalue weighted by atomic mass is 10.2. The maximum absolute atomic E-state index is 12.5. The first kappa shape index (κ1) is 20.3. The maximum atomic E-state index is 12.5. The van der Waals surface area contributed by atoms with Crippen molar-refractivity contribution in [2.24, 2.45) is 0 Å². The second-order valence-electron chi connectivity index (χ2n) is 5.68. The summed E-state index contributed by atoms with van der Waals surface area (Å²) in [5, 5.41) is 0. The third-order valence-electron chi connectivity index (χ3n) is 3.85. The lowest BCUT2D eigenvalue weighted by molar-refractivity contribution is -0.133. The van der Waals surface area contributed by atoms with Crippen LogP contribution in [-0.2, 0) is 29.4 Å². The molecule has 1 unspecified atom stereocenters. The highest BCUT2D eigenvalue weighted by atomic mass is 32.2. The first-order valence-corrected chi connectivity index (χ1v) is 11.2. The van der Waals surface area contributed by atoms with Gasteiger partial charge in [-0.05, 0) is 19.8 Å². The first-order chi connectivity index (χ1) is 10.6. The van der Waals surface area contributed by atoms with Gasteiger partial charge in [0.05, 0.1) is 24.3 Å². The fourth-order valence-corrected chi connectivity index (χ4v) is 5.18. The molecule has 1 heterocycles. The van der Waals surface area contributed by atoms with Crippen LogP contribution >= 0.6 is 0 Å². The van der Waals surface area contributed by atoms with Gasteiger partial charge in [0.15, 0.2) is 9.84 Å². The van der Waals surface area contributed by atoms with Crippen molar-refractivity contribution in [3.63, 3.8) is 0 Å². The van der Waals surface area contributed by atoms with Crippen LogP contribution in [0.15, 0.2) is 0 Å². The SMILES string of the molecule is CCN(C(=O)CN(CCCOC)S(C)(=O)=O)C1CCS(=O)(=O)C1. The van der Waals surface area contributed by atoms with Crippen molar-refractivity contribution in [2.45, 2.75) is 25.8 Å². The van der Waals surface area contributed by atoms with E-state index in [1.807, 2.05) is 0 Å². The number of hydrogen-bond acceptors (Lipinski definition) is 6. The van der Waals surface area contributed by atoms with Gasteiger partial charge < -0.3 is 9.64 Å². The van der Waals surface area contributed by atoms with E-state index in [1.165, 1.54) is 12.0 Å². The molecule has 0 spiro atoms. The molecular weight excluding hydrogens is 344 g/mol. The summed E-state index contributed by atoms with van der Waals surface area (Å²) in [5.74, 6) is -0.335. The Morgan fingerprint density at radius 1 is 1.35 bits per heavy atom. The molecule has 1 atom stereocenters. The van der Waals surface area contributed by atoms with Gasteiger partial charge in [-0.15, -0.1) is 0 Å². The van der Waals surface area contributed by atoms with Gasteiger partial charge in [-0.3, -0.25) is 4.79 Å². The Labute approximate surface area is 138 Å². The van der Waals surface area contributed by atoms with Crippen molar-refractivity contribution >= 4 is 25.8 Å². The summed E-state index contributed by atoms with van der Waals surface area (Å²) in [4.78, 5) is 13.9. The van der Waals surface area contributed by atoms with Crippen LogP contribution in [0.4, 0.5) is 0 Å². The van der Waals surface area contributed by atoms with Gasteiger partial charge in [0.25, 0.3) is 0 Å². The van der Waals surface area contributed by atoms with E-state index < -0.39 is 19.9 Å². The molecule has 136 valence electrons. The van der Waals surface area contributed by atoms with Gasteiger partial charge in [-0.1, -0.05) is 0 Å². The summed E-state index contributed by atoms with van der Waals surface area (Å²) in [5.41, 5.74) is 0. The molecule has 1 amide bonds. The van der Waals surface area contributed by atoms with Crippen LogP contribution in [0.3, 0.4) is 0 Å². The monoisotopic (exact) mass is 370 g/mol. The van der Waals surface area contributed by atoms with E-state index in [0.717, 1.165) is 10.6 Å². The summed E-state index contributed by atoms with van der Waals surface area (Å²) < 4.78 is 52.8. The highest BCUT2D eigenvalue weighted by Gasteiger charge is 2.34. The van der Waals surface area contributed by atoms with Gasteiger partial charge in [0.2, 0.25) is 15.9 Å². The van der Waals surface area contributed by atoms with E-state index in [2.05, 4.69) is 0 Å². The smallest absolute Gasteiger partial charge is 0.238 e. The van der Waals surface area contributed by atoms with Crippen molar-refractivity contribution in [1.82, 2.24) is 9.21 Å². The fourth-order valence-electron chi connectivity index (χ4n) is 2.65. The van der Waals surface area contributed by atoms with Crippen molar-refractivity contribution < 1.29 is 26.4 Å². The zero-order valence-corrected chi connectivity index (χ0v) is 15.5. The second-order valence-corrected chi connectivity index (χ2v) is 9.89. The highest BCUT2D eigenvalue weighted by Crippen LogP contribution is 2.18. The number of sulfone groups is 1. The Kier molecular flexibility index (Phi) is 7.43. The third-order valence-corrected chi connectivity index (χ3v) is 6.85. The number of carbonyl (C=O) groups is 1. The summed E-state index contributed by atoms with van der Waals surface area (Å²) in [6, 6.07) is -0.363. The molecule has 8 nitrogen and oxygen atoms in total. The Balaban J connectivity index is 2.75. The quantitative estimate of drug-likeness (QED) is 0.499. The topological polar surface area (TPSA) is 101 Å². The number of likely N-dealkylation sites (N-methyl/N-ethyl adjacent to an activating group) is 1.